The minimum atomic E-state index is -3.69. The van der Waals surface area contributed by atoms with Gasteiger partial charge in [-0.25, -0.2) is 12.8 Å². The topological polar surface area (TPSA) is 75.7 Å². The van der Waals surface area contributed by atoms with E-state index in [1.807, 2.05) is 18.2 Å². The average molecular weight is 394 g/mol. The van der Waals surface area contributed by atoms with Crippen LogP contribution in [0.25, 0.3) is 0 Å². The average Bonchev–Trinajstić information content (AvgIpc) is 2.61. The molecule has 0 aliphatic heterocycles. The zero-order chi connectivity index (χ0) is 19.9. The first-order valence-electron chi connectivity index (χ1n) is 8.41. The number of amides is 1. The smallest absolute Gasteiger partial charge is 0.235 e. The Morgan fingerprint density at radius 1 is 1.15 bits per heavy atom. The molecule has 2 rings (SSSR count). The Hall–Kier alpha value is -2.45. The molecule has 1 amide bonds. The highest BCUT2D eigenvalue weighted by Gasteiger charge is 2.22. The van der Waals surface area contributed by atoms with E-state index in [1.54, 1.807) is 25.1 Å². The van der Waals surface area contributed by atoms with E-state index >= 15 is 0 Å². The molecule has 146 valence electrons. The van der Waals surface area contributed by atoms with E-state index in [0.717, 1.165) is 10.6 Å². The molecule has 0 aliphatic rings. The van der Waals surface area contributed by atoms with Crippen LogP contribution in [0, 0.1) is 5.82 Å². The number of sulfonamides is 1. The van der Waals surface area contributed by atoms with Gasteiger partial charge in [-0.2, -0.15) is 4.31 Å². The summed E-state index contributed by atoms with van der Waals surface area (Å²) in [5, 5.41) is 2.69. The summed E-state index contributed by atoms with van der Waals surface area (Å²) in [6.45, 7) is 1.38. The zero-order valence-corrected chi connectivity index (χ0v) is 16.1. The van der Waals surface area contributed by atoms with Crippen LogP contribution in [0.1, 0.15) is 12.5 Å². The van der Waals surface area contributed by atoms with Crippen molar-refractivity contribution in [1.82, 2.24) is 9.62 Å². The molecule has 0 radical (unpaired) electrons. The third-order valence-corrected chi connectivity index (χ3v) is 4.94. The first-order chi connectivity index (χ1) is 12.8. The number of ether oxygens (including phenoxy) is 1. The van der Waals surface area contributed by atoms with Gasteiger partial charge < -0.3 is 10.1 Å². The van der Waals surface area contributed by atoms with Crippen LogP contribution in [0.4, 0.5) is 4.39 Å². The molecule has 0 heterocycles. The van der Waals surface area contributed by atoms with Crippen LogP contribution in [-0.4, -0.2) is 44.1 Å². The van der Waals surface area contributed by atoms with Gasteiger partial charge in [0.05, 0.1) is 18.8 Å². The predicted octanol–water partition coefficient (Wildman–Crippen LogP) is 2.17. The summed E-state index contributed by atoms with van der Waals surface area (Å²) in [5.74, 6) is -0.326. The Labute approximate surface area is 159 Å². The molecule has 27 heavy (non-hydrogen) atoms. The van der Waals surface area contributed by atoms with Gasteiger partial charge in [-0.15, -0.1) is 0 Å². The third kappa shape index (κ3) is 6.99. The Balaban J connectivity index is 1.92. The summed E-state index contributed by atoms with van der Waals surface area (Å²) in [4.78, 5) is 12.2. The van der Waals surface area contributed by atoms with Gasteiger partial charge in [0.15, 0.2) is 0 Å². The molecular formula is C19H23FN2O4S. The van der Waals surface area contributed by atoms with Crippen molar-refractivity contribution in [3.8, 4) is 5.75 Å². The molecule has 2 aromatic carbocycles. The number of hydrogen-bond donors (Lipinski definition) is 1. The first-order valence-corrected chi connectivity index (χ1v) is 10.3. The summed E-state index contributed by atoms with van der Waals surface area (Å²) >= 11 is 0. The first kappa shape index (κ1) is 20.9. The van der Waals surface area contributed by atoms with Crippen LogP contribution in [0.5, 0.6) is 5.75 Å². The Morgan fingerprint density at radius 3 is 2.41 bits per heavy atom. The van der Waals surface area contributed by atoms with Crippen LogP contribution in [-0.2, 0) is 21.4 Å². The molecule has 0 aliphatic carbocycles. The van der Waals surface area contributed by atoms with Crippen molar-refractivity contribution in [1.29, 1.82) is 0 Å². The van der Waals surface area contributed by atoms with Crippen molar-refractivity contribution < 1.29 is 22.3 Å². The van der Waals surface area contributed by atoms with Gasteiger partial charge in [-0.3, -0.25) is 4.79 Å². The van der Waals surface area contributed by atoms with Gasteiger partial charge in [-0.05, 0) is 25.1 Å². The van der Waals surface area contributed by atoms with Gasteiger partial charge in [-0.1, -0.05) is 36.4 Å². The van der Waals surface area contributed by atoms with E-state index in [9.17, 15) is 17.6 Å². The fraction of sp³-hybridized carbons (Fsp3) is 0.316. The lowest BCUT2D eigenvalue weighted by molar-refractivity contribution is -0.122. The Bertz CT molecular complexity index is 859. The van der Waals surface area contributed by atoms with Crippen LogP contribution in [0.15, 0.2) is 54.6 Å². The van der Waals surface area contributed by atoms with Crippen molar-refractivity contribution in [2.24, 2.45) is 0 Å². The third-order valence-electron chi connectivity index (χ3n) is 3.74. The zero-order valence-electron chi connectivity index (χ0n) is 15.3. The number of hydrogen-bond acceptors (Lipinski definition) is 4. The second kappa shape index (κ2) is 9.48. The second-order valence-corrected chi connectivity index (χ2v) is 8.20. The van der Waals surface area contributed by atoms with E-state index in [4.69, 9.17) is 4.74 Å². The SMILES string of the molecule is C[C@@H](COc1ccccc1)NC(=O)CN(Cc1ccccc1F)S(C)(=O)=O. The van der Waals surface area contributed by atoms with Crippen molar-refractivity contribution >= 4 is 15.9 Å². The molecule has 0 saturated heterocycles. The van der Waals surface area contributed by atoms with Crippen molar-refractivity contribution in [2.45, 2.75) is 19.5 Å². The highest BCUT2D eigenvalue weighted by atomic mass is 32.2. The van der Waals surface area contributed by atoms with Crippen LogP contribution in [0.2, 0.25) is 0 Å². The fourth-order valence-electron chi connectivity index (χ4n) is 2.37. The number of carbonyl (C=O) groups is 1. The lowest BCUT2D eigenvalue weighted by Crippen LogP contribution is -2.44. The minimum Gasteiger partial charge on any atom is -0.491 e. The molecule has 6 nitrogen and oxygen atoms in total. The molecule has 1 N–H and O–H groups in total. The van der Waals surface area contributed by atoms with E-state index in [2.05, 4.69) is 5.32 Å². The number of halogens is 1. The highest BCUT2D eigenvalue weighted by molar-refractivity contribution is 7.88. The van der Waals surface area contributed by atoms with Gasteiger partial charge in [0, 0.05) is 12.1 Å². The number of para-hydroxylation sites is 1. The van der Waals surface area contributed by atoms with Gasteiger partial charge >= 0.3 is 0 Å². The molecule has 1 atom stereocenters. The molecule has 0 unspecified atom stereocenters. The number of nitrogens with one attached hydrogen (secondary N) is 1. The summed E-state index contributed by atoms with van der Waals surface area (Å²) in [5.41, 5.74) is 0.205. The molecule has 0 spiro atoms. The van der Waals surface area contributed by atoms with Gasteiger partial charge in [0.1, 0.15) is 18.2 Å². The number of nitrogens with zero attached hydrogens (tertiary/aromatic N) is 1. The van der Waals surface area contributed by atoms with Gasteiger partial charge in [0.2, 0.25) is 15.9 Å². The van der Waals surface area contributed by atoms with E-state index in [1.165, 1.54) is 18.2 Å². The maximum Gasteiger partial charge on any atom is 0.235 e. The van der Waals surface area contributed by atoms with Crippen molar-refractivity contribution in [3.05, 3.63) is 66.0 Å². The van der Waals surface area contributed by atoms with Crippen molar-refractivity contribution in [2.75, 3.05) is 19.4 Å². The highest BCUT2D eigenvalue weighted by Crippen LogP contribution is 2.12. The molecule has 2 aromatic rings. The van der Waals surface area contributed by atoms with Gasteiger partial charge in [0.25, 0.3) is 0 Å². The molecule has 0 aromatic heterocycles. The Morgan fingerprint density at radius 2 is 1.78 bits per heavy atom. The molecular weight excluding hydrogens is 371 g/mol. The second-order valence-electron chi connectivity index (χ2n) is 6.22. The summed E-state index contributed by atoms with van der Waals surface area (Å²) in [6, 6.07) is 14.7. The molecule has 0 bridgehead atoms. The maximum absolute atomic E-state index is 13.8. The molecule has 0 saturated carbocycles. The largest absolute Gasteiger partial charge is 0.491 e. The molecule has 0 fully saturated rings. The maximum atomic E-state index is 13.8. The summed E-state index contributed by atoms with van der Waals surface area (Å²) in [7, 11) is -3.69. The fourth-order valence-corrected chi connectivity index (χ4v) is 3.09. The number of rotatable bonds is 9. The summed E-state index contributed by atoms with van der Waals surface area (Å²) < 4.78 is 44.3. The lowest BCUT2D eigenvalue weighted by atomic mass is 10.2. The van der Waals surface area contributed by atoms with E-state index in [0.29, 0.717) is 5.75 Å². The lowest BCUT2D eigenvalue weighted by Gasteiger charge is -2.21. The minimum absolute atomic E-state index is 0.205. The predicted molar refractivity (Wildman–Crippen MR) is 101 cm³/mol. The van der Waals surface area contributed by atoms with Crippen LogP contribution < -0.4 is 10.1 Å². The van der Waals surface area contributed by atoms with E-state index < -0.39 is 28.3 Å². The summed E-state index contributed by atoms with van der Waals surface area (Å²) in [6.07, 6.45) is 0.989. The monoisotopic (exact) mass is 394 g/mol. The Kier molecular flexibility index (Phi) is 7.32. The van der Waals surface area contributed by atoms with Crippen LogP contribution in [0.3, 0.4) is 0 Å². The number of benzene rings is 2. The van der Waals surface area contributed by atoms with Crippen LogP contribution >= 0.6 is 0 Å². The van der Waals surface area contributed by atoms with Crippen molar-refractivity contribution in [3.63, 3.8) is 0 Å². The molecule has 8 heteroatoms. The quantitative estimate of drug-likeness (QED) is 0.707. The normalized spacial score (nSPS) is 12.6. The van der Waals surface area contributed by atoms with E-state index in [-0.39, 0.29) is 24.8 Å². The number of carbonyl (C=O) groups excluding carboxylic acids is 1. The standard InChI is InChI=1S/C19H23FN2O4S/c1-15(14-26-17-9-4-3-5-10-17)21-19(23)13-22(27(2,24)25)12-16-8-6-7-11-18(16)20/h3-11,15H,12-14H2,1-2H3,(H,21,23)/t15-/m0/s1.